The summed E-state index contributed by atoms with van der Waals surface area (Å²) >= 11 is 0. The van der Waals surface area contributed by atoms with Crippen LogP contribution in [0.5, 0.6) is 0 Å². The van der Waals surface area contributed by atoms with Gasteiger partial charge in [-0.1, -0.05) is 13.0 Å². The molecular formula is C15H20F2N3O3S+. The second kappa shape index (κ2) is 6.56. The van der Waals surface area contributed by atoms with Gasteiger partial charge >= 0.3 is 6.33 Å². The molecule has 9 heteroatoms. The number of nitrogens with zero attached hydrogens (tertiary/aromatic N) is 2. The molecule has 0 saturated heterocycles. The summed E-state index contributed by atoms with van der Waals surface area (Å²) in [7, 11) is -3.71. The van der Waals surface area contributed by atoms with Crippen LogP contribution in [0.4, 0.5) is 8.78 Å². The van der Waals surface area contributed by atoms with E-state index in [0.717, 1.165) is 18.4 Å². The maximum Gasteiger partial charge on any atom is 0.307 e. The maximum atomic E-state index is 14.2. The van der Waals surface area contributed by atoms with Crippen LogP contribution in [0.25, 0.3) is 0 Å². The van der Waals surface area contributed by atoms with Crippen molar-refractivity contribution in [3.8, 4) is 0 Å². The minimum absolute atomic E-state index is 0.281. The summed E-state index contributed by atoms with van der Waals surface area (Å²) in [6.07, 6.45) is 2.96. The zero-order chi connectivity index (χ0) is 18.1. The van der Waals surface area contributed by atoms with Gasteiger partial charge in [0.15, 0.2) is 9.84 Å². The topological polar surface area (TPSA) is 86.9 Å². The number of nitrogens with one attached hydrogen (secondary N) is 1. The molecular weight excluding hydrogens is 340 g/mol. The van der Waals surface area contributed by atoms with E-state index in [1.165, 1.54) is 17.9 Å². The molecule has 0 aliphatic heterocycles. The van der Waals surface area contributed by atoms with E-state index >= 15 is 0 Å². The molecule has 132 valence electrons. The number of aliphatic hydroxyl groups is 1. The van der Waals surface area contributed by atoms with Crippen molar-refractivity contribution in [1.29, 1.82) is 0 Å². The zero-order valence-corrected chi connectivity index (χ0v) is 14.4. The number of sulfone groups is 1. The van der Waals surface area contributed by atoms with Gasteiger partial charge in [0, 0.05) is 24.3 Å². The van der Waals surface area contributed by atoms with E-state index in [9.17, 15) is 22.3 Å². The molecule has 0 radical (unpaired) electrons. The predicted molar refractivity (Wildman–Crippen MR) is 82.7 cm³/mol. The Morgan fingerprint density at radius 2 is 2.08 bits per heavy atom. The van der Waals surface area contributed by atoms with E-state index in [2.05, 4.69) is 10.1 Å². The van der Waals surface area contributed by atoms with Crippen molar-refractivity contribution in [2.45, 2.75) is 37.7 Å². The van der Waals surface area contributed by atoms with Gasteiger partial charge in [-0.2, -0.15) is 9.78 Å². The summed E-state index contributed by atoms with van der Waals surface area (Å²) in [6, 6.07) is 2.65. The minimum Gasteiger partial charge on any atom is -0.379 e. The third-order valence-electron chi connectivity index (χ3n) is 4.08. The molecule has 2 rings (SSSR count). The molecule has 1 aromatic heterocycles. The molecule has 2 N–H and O–H groups in total. The van der Waals surface area contributed by atoms with Crippen LogP contribution in [0.15, 0.2) is 24.5 Å². The number of halogens is 2. The Kier molecular flexibility index (Phi) is 5.05. The lowest BCUT2D eigenvalue weighted by Gasteiger charge is -2.31. The van der Waals surface area contributed by atoms with Crippen molar-refractivity contribution in [3.63, 3.8) is 0 Å². The fourth-order valence-corrected chi connectivity index (χ4v) is 3.41. The van der Waals surface area contributed by atoms with Crippen LogP contribution in [0, 0.1) is 11.6 Å². The standard InChI is InChI=1S/C15H19F2N3O3S/c1-4-14-18-9-20(19-14)8-15(21,10(2)24(3,22)23)12-6-5-11(16)7-13(12)17/h5-7,9-10,21H,4,8H2,1-3H3/p+1/t10-,15-/m1/s1. The summed E-state index contributed by atoms with van der Waals surface area (Å²) < 4.78 is 52.8. The fourth-order valence-electron chi connectivity index (χ4n) is 2.50. The Morgan fingerprint density at radius 3 is 2.58 bits per heavy atom. The lowest BCUT2D eigenvalue weighted by atomic mass is 9.90. The second-order valence-electron chi connectivity index (χ2n) is 5.80. The van der Waals surface area contributed by atoms with E-state index in [1.54, 1.807) is 0 Å². The van der Waals surface area contributed by atoms with Crippen LogP contribution < -0.4 is 4.68 Å². The van der Waals surface area contributed by atoms with Gasteiger partial charge in [-0.25, -0.2) is 17.2 Å². The number of benzene rings is 1. The molecule has 24 heavy (non-hydrogen) atoms. The molecule has 0 bridgehead atoms. The van der Waals surface area contributed by atoms with Gasteiger partial charge in [0.1, 0.15) is 23.8 Å². The summed E-state index contributed by atoms with van der Waals surface area (Å²) in [5, 5.41) is 12.6. The Labute approximate surface area is 139 Å². The molecule has 0 aliphatic rings. The third-order valence-corrected chi connectivity index (χ3v) is 5.76. The highest BCUT2D eigenvalue weighted by Gasteiger charge is 2.45. The molecule has 6 nitrogen and oxygen atoms in total. The first-order chi connectivity index (χ1) is 11.1. The van der Waals surface area contributed by atoms with Gasteiger partial charge in [-0.05, 0) is 18.0 Å². The number of aryl methyl sites for hydroxylation is 1. The Balaban J connectivity index is 2.56. The lowest BCUT2D eigenvalue weighted by molar-refractivity contribution is -0.764. The summed E-state index contributed by atoms with van der Waals surface area (Å²) in [5.41, 5.74) is -2.39. The maximum absolute atomic E-state index is 14.2. The first-order valence-corrected chi connectivity index (χ1v) is 9.33. The molecule has 0 unspecified atom stereocenters. The highest BCUT2D eigenvalue weighted by Crippen LogP contribution is 2.32. The average molecular weight is 360 g/mol. The summed E-state index contributed by atoms with van der Waals surface area (Å²) in [4.78, 5) is 4.06. The fraction of sp³-hybridized carbons (Fsp3) is 0.467. The molecule has 0 spiro atoms. The van der Waals surface area contributed by atoms with Gasteiger partial charge in [0.05, 0.1) is 5.25 Å². The van der Waals surface area contributed by atoms with Crippen LogP contribution in [0.2, 0.25) is 0 Å². The average Bonchev–Trinajstić information content (AvgIpc) is 2.92. The van der Waals surface area contributed by atoms with Gasteiger partial charge < -0.3 is 5.11 Å². The van der Waals surface area contributed by atoms with Crippen LogP contribution in [0.3, 0.4) is 0 Å². The molecule has 2 atom stereocenters. The number of aromatic nitrogens is 3. The van der Waals surface area contributed by atoms with Crippen molar-refractivity contribution in [2.75, 3.05) is 6.26 Å². The van der Waals surface area contributed by atoms with Crippen molar-refractivity contribution in [3.05, 3.63) is 47.5 Å². The molecule has 2 aromatic rings. The van der Waals surface area contributed by atoms with E-state index in [1.807, 2.05) is 6.92 Å². The Hall–Kier alpha value is -1.87. The quantitative estimate of drug-likeness (QED) is 0.748. The smallest absolute Gasteiger partial charge is 0.307 e. The number of H-pyrrole nitrogens is 1. The van der Waals surface area contributed by atoms with Crippen LogP contribution in [-0.4, -0.2) is 35.1 Å². The van der Waals surface area contributed by atoms with E-state index in [0.29, 0.717) is 18.3 Å². The predicted octanol–water partition coefficient (Wildman–Crippen LogP) is 0.859. The van der Waals surface area contributed by atoms with Gasteiger partial charge in [-0.15, -0.1) is 0 Å². The van der Waals surface area contributed by atoms with Crippen molar-refractivity contribution in [2.24, 2.45) is 0 Å². The van der Waals surface area contributed by atoms with Crippen LogP contribution >= 0.6 is 0 Å². The SMILES string of the molecule is CCc1nc[n+](C[C@](O)(c2ccc(F)cc2F)[C@@H](C)S(C)(=O)=O)[nH]1. The number of aromatic amines is 1. The van der Waals surface area contributed by atoms with Gasteiger partial charge in [-0.3, -0.25) is 0 Å². The molecule has 1 heterocycles. The summed E-state index contributed by atoms with van der Waals surface area (Å²) in [5.74, 6) is -1.19. The molecule has 1 aromatic carbocycles. The van der Waals surface area contributed by atoms with Crippen molar-refractivity contribution < 1.29 is 27.0 Å². The lowest BCUT2D eigenvalue weighted by Crippen LogP contribution is -2.54. The van der Waals surface area contributed by atoms with Crippen LogP contribution in [-0.2, 0) is 28.4 Å². The first-order valence-electron chi connectivity index (χ1n) is 7.38. The first kappa shape index (κ1) is 18.5. The van der Waals surface area contributed by atoms with Crippen LogP contribution in [0.1, 0.15) is 25.2 Å². The highest BCUT2D eigenvalue weighted by molar-refractivity contribution is 7.91. The normalized spacial score (nSPS) is 15.9. The monoisotopic (exact) mass is 360 g/mol. The number of rotatable bonds is 6. The number of hydrogen-bond acceptors (Lipinski definition) is 4. The second-order valence-corrected chi connectivity index (χ2v) is 8.17. The Morgan fingerprint density at radius 1 is 1.42 bits per heavy atom. The van der Waals surface area contributed by atoms with Crippen molar-refractivity contribution >= 4 is 9.84 Å². The third kappa shape index (κ3) is 3.62. The Bertz CT molecular complexity index is 838. The molecule has 0 fully saturated rings. The molecule has 0 amide bonds. The summed E-state index contributed by atoms with van der Waals surface area (Å²) in [6.45, 7) is 2.88. The van der Waals surface area contributed by atoms with Crippen molar-refractivity contribution in [1.82, 2.24) is 10.1 Å². The molecule has 0 saturated carbocycles. The van der Waals surface area contributed by atoms with Gasteiger partial charge in [0.25, 0.3) is 5.82 Å². The largest absolute Gasteiger partial charge is 0.379 e. The molecule has 0 aliphatic carbocycles. The zero-order valence-electron chi connectivity index (χ0n) is 13.6. The van der Waals surface area contributed by atoms with E-state index in [4.69, 9.17) is 0 Å². The van der Waals surface area contributed by atoms with E-state index in [-0.39, 0.29) is 12.1 Å². The van der Waals surface area contributed by atoms with E-state index < -0.39 is 32.3 Å². The number of hydrogen-bond donors (Lipinski definition) is 2. The van der Waals surface area contributed by atoms with Gasteiger partial charge in [0.2, 0.25) is 0 Å². The minimum atomic E-state index is -3.71. The highest BCUT2D eigenvalue weighted by atomic mass is 32.2.